The molecule has 0 bridgehead atoms. The summed E-state index contributed by atoms with van der Waals surface area (Å²) >= 11 is 7.43. The van der Waals surface area contributed by atoms with Crippen LogP contribution in [0.1, 0.15) is 11.1 Å². The third kappa shape index (κ3) is 5.77. The fourth-order valence-electron chi connectivity index (χ4n) is 1.97. The lowest BCUT2D eigenvalue weighted by atomic mass is 10.2. The van der Waals surface area contributed by atoms with E-state index >= 15 is 0 Å². The third-order valence-corrected chi connectivity index (χ3v) is 4.37. The first-order valence-corrected chi connectivity index (χ1v) is 8.53. The van der Waals surface area contributed by atoms with E-state index in [-0.39, 0.29) is 11.7 Å². The summed E-state index contributed by atoms with van der Waals surface area (Å²) in [5.74, 6) is 1.36. The van der Waals surface area contributed by atoms with Gasteiger partial charge in [-0.2, -0.15) is 0 Å². The summed E-state index contributed by atoms with van der Waals surface area (Å²) in [7, 11) is 1.58. The van der Waals surface area contributed by atoms with Crippen molar-refractivity contribution in [3.05, 3.63) is 64.4 Å². The minimum Gasteiger partial charge on any atom is -0.496 e. The molecule has 0 unspecified atom stereocenters. The molecule has 0 aliphatic rings. The average Bonchev–Trinajstić information content (AvgIpc) is 2.55. The van der Waals surface area contributed by atoms with Crippen molar-refractivity contribution in [3.63, 3.8) is 0 Å². The molecule has 2 aromatic rings. The van der Waals surface area contributed by atoms with Gasteiger partial charge >= 0.3 is 0 Å². The van der Waals surface area contributed by atoms with E-state index in [0.717, 1.165) is 11.1 Å². The van der Waals surface area contributed by atoms with Gasteiger partial charge in [-0.3, -0.25) is 4.79 Å². The van der Waals surface area contributed by atoms with Crippen molar-refractivity contribution in [2.45, 2.75) is 12.3 Å². The molecule has 0 spiro atoms. The van der Waals surface area contributed by atoms with Gasteiger partial charge in [-0.1, -0.05) is 23.7 Å². The number of carbonyl (C=O) groups excluding carboxylic acids is 1. The van der Waals surface area contributed by atoms with Crippen molar-refractivity contribution in [1.29, 1.82) is 0 Å². The minimum absolute atomic E-state index is 0.0702. The van der Waals surface area contributed by atoms with E-state index in [1.54, 1.807) is 37.4 Å². The minimum atomic E-state index is -0.257. The second-order valence-corrected chi connectivity index (χ2v) is 6.27. The molecule has 0 atom stereocenters. The van der Waals surface area contributed by atoms with Crippen LogP contribution in [0.4, 0.5) is 4.39 Å². The molecule has 1 amide bonds. The molecule has 122 valence electrons. The number of benzene rings is 2. The molecular weight excluding hydrogens is 337 g/mol. The maximum Gasteiger partial charge on any atom is 0.230 e. The lowest BCUT2D eigenvalue weighted by Gasteiger charge is -2.10. The molecule has 0 fully saturated rings. The highest BCUT2D eigenvalue weighted by molar-refractivity contribution is 7.99. The van der Waals surface area contributed by atoms with Gasteiger partial charge in [0.25, 0.3) is 0 Å². The summed E-state index contributed by atoms with van der Waals surface area (Å²) < 4.78 is 18.0. The Labute approximate surface area is 144 Å². The van der Waals surface area contributed by atoms with Crippen molar-refractivity contribution in [1.82, 2.24) is 5.32 Å². The van der Waals surface area contributed by atoms with Crippen LogP contribution < -0.4 is 10.1 Å². The highest BCUT2D eigenvalue weighted by Gasteiger charge is 2.07. The standard InChI is InChI=1S/C17H17ClFNO2S/c1-22-16-7-4-14(18)8-13(16)9-20-17(21)11-23-10-12-2-5-15(19)6-3-12/h2-8H,9-11H2,1H3,(H,20,21). The predicted molar refractivity (Wildman–Crippen MR) is 92.4 cm³/mol. The molecule has 3 nitrogen and oxygen atoms in total. The number of carbonyl (C=O) groups is 1. The van der Waals surface area contributed by atoms with Crippen LogP contribution >= 0.6 is 23.4 Å². The Bertz CT molecular complexity index is 664. The zero-order valence-electron chi connectivity index (χ0n) is 12.6. The van der Waals surface area contributed by atoms with Crippen molar-refractivity contribution in [3.8, 4) is 5.75 Å². The van der Waals surface area contributed by atoms with Crippen LogP contribution in [0, 0.1) is 5.82 Å². The molecule has 1 N–H and O–H groups in total. The van der Waals surface area contributed by atoms with Crippen LogP contribution in [0.25, 0.3) is 0 Å². The molecule has 0 heterocycles. The first kappa shape index (κ1) is 17.6. The van der Waals surface area contributed by atoms with Crippen LogP contribution in [-0.4, -0.2) is 18.8 Å². The summed E-state index contributed by atoms with van der Waals surface area (Å²) in [6, 6.07) is 11.6. The fourth-order valence-corrected chi connectivity index (χ4v) is 2.98. The van der Waals surface area contributed by atoms with Gasteiger partial charge in [0.2, 0.25) is 5.91 Å². The molecule has 0 saturated heterocycles. The third-order valence-electron chi connectivity index (χ3n) is 3.13. The summed E-state index contributed by atoms with van der Waals surface area (Å²) in [6.07, 6.45) is 0. The lowest BCUT2D eigenvalue weighted by molar-refractivity contribution is -0.118. The van der Waals surface area contributed by atoms with E-state index in [9.17, 15) is 9.18 Å². The van der Waals surface area contributed by atoms with Crippen molar-refractivity contribution >= 4 is 29.3 Å². The second-order valence-electron chi connectivity index (χ2n) is 4.85. The Morgan fingerprint density at radius 2 is 2.00 bits per heavy atom. The van der Waals surface area contributed by atoms with Crippen LogP contribution in [0.5, 0.6) is 5.75 Å². The van der Waals surface area contributed by atoms with Crippen LogP contribution in [0.3, 0.4) is 0 Å². The number of ether oxygens (including phenoxy) is 1. The Kier molecular flexibility index (Phi) is 6.74. The quantitative estimate of drug-likeness (QED) is 0.816. The predicted octanol–water partition coefficient (Wildman–Crippen LogP) is 4.04. The van der Waals surface area contributed by atoms with E-state index in [1.165, 1.54) is 23.9 Å². The first-order valence-electron chi connectivity index (χ1n) is 7.00. The van der Waals surface area contributed by atoms with Crippen molar-refractivity contribution in [2.24, 2.45) is 0 Å². The number of rotatable bonds is 7. The van der Waals surface area contributed by atoms with Crippen molar-refractivity contribution < 1.29 is 13.9 Å². The molecule has 2 rings (SSSR count). The number of hydrogen-bond donors (Lipinski definition) is 1. The number of hydrogen-bond acceptors (Lipinski definition) is 3. The summed E-state index contributed by atoms with van der Waals surface area (Å²) in [6.45, 7) is 0.361. The molecule has 0 aromatic heterocycles. The highest BCUT2D eigenvalue weighted by Crippen LogP contribution is 2.22. The smallest absolute Gasteiger partial charge is 0.230 e. The molecule has 0 aliphatic carbocycles. The molecule has 0 aliphatic heterocycles. The van der Waals surface area contributed by atoms with Gasteiger partial charge in [0.05, 0.1) is 12.9 Å². The second kappa shape index (κ2) is 8.79. The summed E-state index contributed by atoms with van der Waals surface area (Å²) in [4.78, 5) is 11.9. The van der Waals surface area contributed by atoms with Crippen LogP contribution in [0.2, 0.25) is 5.02 Å². The van der Waals surface area contributed by atoms with Crippen molar-refractivity contribution in [2.75, 3.05) is 12.9 Å². The molecule has 6 heteroatoms. The first-order chi connectivity index (χ1) is 11.1. The summed E-state index contributed by atoms with van der Waals surface area (Å²) in [5.41, 5.74) is 1.82. The van der Waals surface area contributed by atoms with E-state index in [1.807, 2.05) is 0 Å². The van der Waals surface area contributed by atoms with Gasteiger partial charge in [0, 0.05) is 22.9 Å². The van der Waals surface area contributed by atoms with E-state index in [4.69, 9.17) is 16.3 Å². The molecule has 2 aromatic carbocycles. The number of halogens is 2. The van der Waals surface area contributed by atoms with Gasteiger partial charge in [-0.15, -0.1) is 11.8 Å². The molecular formula is C17H17ClFNO2S. The number of thioether (sulfide) groups is 1. The Hall–Kier alpha value is -1.72. The fraction of sp³-hybridized carbons (Fsp3) is 0.235. The maximum atomic E-state index is 12.8. The lowest BCUT2D eigenvalue weighted by Crippen LogP contribution is -2.24. The number of methoxy groups -OCH3 is 1. The Morgan fingerprint density at radius 3 is 2.70 bits per heavy atom. The maximum absolute atomic E-state index is 12.8. The van der Waals surface area contributed by atoms with E-state index in [0.29, 0.717) is 28.8 Å². The van der Waals surface area contributed by atoms with Crippen LogP contribution in [-0.2, 0) is 17.1 Å². The summed E-state index contributed by atoms with van der Waals surface area (Å²) in [5, 5.41) is 3.44. The van der Waals surface area contributed by atoms with Gasteiger partial charge in [0.1, 0.15) is 11.6 Å². The largest absolute Gasteiger partial charge is 0.496 e. The average molecular weight is 354 g/mol. The number of nitrogens with one attached hydrogen (secondary N) is 1. The zero-order valence-corrected chi connectivity index (χ0v) is 14.2. The Balaban J connectivity index is 1.77. The van der Waals surface area contributed by atoms with E-state index in [2.05, 4.69) is 5.32 Å². The topological polar surface area (TPSA) is 38.3 Å². The molecule has 23 heavy (non-hydrogen) atoms. The molecule has 0 saturated carbocycles. The van der Waals surface area contributed by atoms with E-state index < -0.39 is 0 Å². The van der Waals surface area contributed by atoms with Gasteiger partial charge < -0.3 is 10.1 Å². The SMILES string of the molecule is COc1ccc(Cl)cc1CNC(=O)CSCc1ccc(F)cc1. The monoisotopic (exact) mass is 353 g/mol. The Morgan fingerprint density at radius 1 is 1.26 bits per heavy atom. The zero-order chi connectivity index (χ0) is 16.7. The van der Waals surface area contributed by atoms with Crippen LogP contribution in [0.15, 0.2) is 42.5 Å². The normalized spacial score (nSPS) is 10.4. The molecule has 0 radical (unpaired) electrons. The number of amides is 1. The van der Waals surface area contributed by atoms with Gasteiger partial charge in [0.15, 0.2) is 0 Å². The van der Waals surface area contributed by atoms with Gasteiger partial charge in [-0.25, -0.2) is 4.39 Å². The van der Waals surface area contributed by atoms with Gasteiger partial charge in [-0.05, 0) is 35.9 Å². The highest BCUT2D eigenvalue weighted by atomic mass is 35.5.